The number of carbonyl (C=O) groups is 2. The fourth-order valence-corrected chi connectivity index (χ4v) is 2.97. The standard InChI is InChI=1S/C20H13ClN2O3S/c1-2-10-26-17-9-8-14(21)11-13(17)12-16-18(24)22-20(27)23(19(16)25)15-6-4-3-5-7-15/h1,3-9,11-12H,10H2,(H,22,24,27)/b16-12-. The number of ether oxygens (including phenoxy) is 1. The van der Waals surface area contributed by atoms with Gasteiger partial charge in [0.25, 0.3) is 11.8 Å². The number of terminal acetylenes is 1. The van der Waals surface area contributed by atoms with Crippen molar-refractivity contribution in [3.8, 4) is 18.1 Å². The van der Waals surface area contributed by atoms with Crippen LogP contribution in [0.25, 0.3) is 6.08 Å². The maximum absolute atomic E-state index is 13.0. The topological polar surface area (TPSA) is 58.6 Å². The van der Waals surface area contributed by atoms with Gasteiger partial charge in [0.15, 0.2) is 5.11 Å². The summed E-state index contributed by atoms with van der Waals surface area (Å²) in [5.74, 6) is 1.63. The largest absolute Gasteiger partial charge is 0.480 e. The number of nitrogens with one attached hydrogen (secondary N) is 1. The van der Waals surface area contributed by atoms with E-state index in [0.717, 1.165) is 0 Å². The number of hydrogen-bond acceptors (Lipinski definition) is 4. The SMILES string of the molecule is C#CCOc1ccc(Cl)cc1/C=C1/C(=O)NC(=S)N(c2ccccc2)C1=O. The zero-order chi connectivity index (χ0) is 19.4. The highest BCUT2D eigenvalue weighted by atomic mass is 35.5. The summed E-state index contributed by atoms with van der Waals surface area (Å²) < 4.78 is 5.46. The van der Waals surface area contributed by atoms with Crippen LogP contribution in [0.2, 0.25) is 5.02 Å². The summed E-state index contributed by atoms with van der Waals surface area (Å²) in [6.07, 6.45) is 6.64. The molecule has 1 aliphatic rings. The van der Waals surface area contributed by atoms with Crippen LogP contribution in [-0.4, -0.2) is 23.5 Å². The van der Waals surface area contributed by atoms with Gasteiger partial charge < -0.3 is 4.74 Å². The van der Waals surface area contributed by atoms with Gasteiger partial charge in [-0.3, -0.25) is 19.8 Å². The van der Waals surface area contributed by atoms with E-state index in [1.807, 2.05) is 6.07 Å². The van der Waals surface area contributed by atoms with E-state index in [1.165, 1.54) is 11.0 Å². The molecule has 1 fully saturated rings. The predicted molar refractivity (Wildman–Crippen MR) is 108 cm³/mol. The lowest BCUT2D eigenvalue weighted by Crippen LogP contribution is -2.54. The van der Waals surface area contributed by atoms with Crippen LogP contribution in [0.4, 0.5) is 5.69 Å². The Morgan fingerprint density at radius 2 is 1.96 bits per heavy atom. The molecule has 0 aliphatic carbocycles. The molecule has 0 bridgehead atoms. The van der Waals surface area contributed by atoms with Crippen molar-refractivity contribution in [3.05, 3.63) is 64.7 Å². The fourth-order valence-electron chi connectivity index (χ4n) is 2.51. The summed E-state index contributed by atoms with van der Waals surface area (Å²) in [6, 6.07) is 13.6. The molecule has 134 valence electrons. The van der Waals surface area contributed by atoms with Crippen LogP contribution in [0.15, 0.2) is 54.1 Å². The van der Waals surface area contributed by atoms with Crippen LogP contribution >= 0.6 is 23.8 Å². The van der Waals surface area contributed by atoms with E-state index in [9.17, 15) is 9.59 Å². The number of carbonyl (C=O) groups excluding carboxylic acids is 2. The first-order chi connectivity index (χ1) is 13.0. The molecule has 3 rings (SSSR count). The molecule has 2 aromatic rings. The Hall–Kier alpha value is -3.14. The molecule has 1 saturated heterocycles. The zero-order valence-electron chi connectivity index (χ0n) is 13.9. The van der Waals surface area contributed by atoms with Crippen LogP contribution in [-0.2, 0) is 9.59 Å². The highest BCUT2D eigenvalue weighted by Gasteiger charge is 2.34. The minimum absolute atomic E-state index is 0.0169. The van der Waals surface area contributed by atoms with Gasteiger partial charge in [-0.1, -0.05) is 35.7 Å². The first-order valence-corrected chi connectivity index (χ1v) is 8.62. The number of thiocarbonyl (C=S) groups is 1. The number of hydrogen-bond donors (Lipinski definition) is 1. The minimum Gasteiger partial charge on any atom is -0.480 e. The molecule has 0 aromatic heterocycles. The average Bonchev–Trinajstić information content (AvgIpc) is 2.65. The lowest BCUT2D eigenvalue weighted by molar-refractivity contribution is -0.122. The van der Waals surface area contributed by atoms with Gasteiger partial charge in [-0.2, -0.15) is 0 Å². The Balaban J connectivity index is 2.04. The molecule has 0 spiro atoms. The van der Waals surface area contributed by atoms with Crippen LogP contribution in [0.3, 0.4) is 0 Å². The van der Waals surface area contributed by atoms with Gasteiger partial charge in [-0.05, 0) is 48.6 Å². The molecule has 7 heteroatoms. The van der Waals surface area contributed by atoms with E-state index in [-0.39, 0.29) is 17.3 Å². The zero-order valence-corrected chi connectivity index (χ0v) is 15.5. The number of rotatable bonds is 4. The molecule has 0 radical (unpaired) electrons. The van der Waals surface area contributed by atoms with Gasteiger partial charge in [0.2, 0.25) is 0 Å². The van der Waals surface area contributed by atoms with Crippen LogP contribution < -0.4 is 15.0 Å². The molecular formula is C20H13ClN2O3S. The van der Waals surface area contributed by atoms with E-state index < -0.39 is 11.8 Å². The van der Waals surface area contributed by atoms with E-state index in [0.29, 0.717) is 22.0 Å². The Bertz CT molecular complexity index is 996. The first-order valence-electron chi connectivity index (χ1n) is 7.83. The maximum atomic E-state index is 13.0. The van der Waals surface area contributed by atoms with Crippen molar-refractivity contribution in [3.63, 3.8) is 0 Å². The lowest BCUT2D eigenvalue weighted by atomic mass is 10.1. The van der Waals surface area contributed by atoms with Crippen LogP contribution in [0.1, 0.15) is 5.56 Å². The molecule has 1 aliphatic heterocycles. The molecule has 0 saturated carbocycles. The van der Waals surface area contributed by atoms with Crippen molar-refractivity contribution < 1.29 is 14.3 Å². The van der Waals surface area contributed by atoms with Crippen LogP contribution in [0.5, 0.6) is 5.75 Å². The summed E-state index contributed by atoms with van der Waals surface area (Å²) in [5.41, 5.74) is 0.908. The smallest absolute Gasteiger partial charge is 0.270 e. The third kappa shape index (κ3) is 4.00. The van der Waals surface area contributed by atoms with Gasteiger partial charge in [-0.15, -0.1) is 6.42 Å². The monoisotopic (exact) mass is 396 g/mol. The van der Waals surface area contributed by atoms with E-state index in [2.05, 4.69) is 11.2 Å². The first kappa shape index (κ1) is 18.6. The summed E-state index contributed by atoms with van der Waals surface area (Å²) in [4.78, 5) is 26.6. The average molecular weight is 397 g/mol. The number of amides is 2. The third-order valence-corrected chi connectivity index (χ3v) is 4.22. The summed E-state index contributed by atoms with van der Waals surface area (Å²) >= 11 is 11.2. The van der Waals surface area contributed by atoms with Crippen molar-refractivity contribution in [2.45, 2.75) is 0 Å². The molecular weight excluding hydrogens is 384 g/mol. The Labute approximate surface area is 166 Å². The molecule has 0 atom stereocenters. The van der Waals surface area contributed by atoms with E-state index in [1.54, 1.807) is 42.5 Å². The van der Waals surface area contributed by atoms with Gasteiger partial charge in [0, 0.05) is 10.6 Å². The molecule has 2 amide bonds. The van der Waals surface area contributed by atoms with E-state index >= 15 is 0 Å². The quantitative estimate of drug-likeness (QED) is 0.373. The summed E-state index contributed by atoms with van der Waals surface area (Å²) in [6.45, 7) is 0.0399. The molecule has 27 heavy (non-hydrogen) atoms. The third-order valence-electron chi connectivity index (χ3n) is 3.70. The van der Waals surface area contributed by atoms with Gasteiger partial charge in [0.1, 0.15) is 17.9 Å². The second-order valence-corrected chi connectivity index (χ2v) is 6.29. The maximum Gasteiger partial charge on any atom is 0.270 e. The number of nitrogens with zero attached hydrogens (tertiary/aromatic N) is 1. The molecule has 0 unspecified atom stereocenters. The normalized spacial score (nSPS) is 15.5. The fraction of sp³-hybridized carbons (Fsp3) is 0.0500. The minimum atomic E-state index is -0.597. The van der Waals surface area contributed by atoms with Crippen molar-refractivity contribution in [2.75, 3.05) is 11.5 Å². The second kappa shape index (κ2) is 8.04. The number of halogens is 1. The van der Waals surface area contributed by atoms with Gasteiger partial charge >= 0.3 is 0 Å². The van der Waals surface area contributed by atoms with Gasteiger partial charge in [0.05, 0.1) is 5.69 Å². The highest BCUT2D eigenvalue weighted by molar-refractivity contribution is 7.80. The molecule has 5 nitrogen and oxygen atoms in total. The Morgan fingerprint density at radius 1 is 1.22 bits per heavy atom. The summed E-state index contributed by atoms with van der Waals surface area (Å²) in [5, 5.41) is 2.97. The van der Waals surface area contributed by atoms with Crippen molar-refractivity contribution in [2.24, 2.45) is 0 Å². The molecule has 2 aromatic carbocycles. The van der Waals surface area contributed by atoms with Gasteiger partial charge in [-0.25, -0.2) is 0 Å². The van der Waals surface area contributed by atoms with Crippen molar-refractivity contribution in [1.82, 2.24) is 5.32 Å². The van der Waals surface area contributed by atoms with Crippen LogP contribution in [0, 0.1) is 12.3 Å². The molecule has 1 N–H and O–H groups in total. The van der Waals surface area contributed by atoms with Crippen molar-refractivity contribution in [1.29, 1.82) is 0 Å². The number of benzene rings is 2. The van der Waals surface area contributed by atoms with E-state index in [4.69, 9.17) is 35.0 Å². The Kier molecular flexibility index (Phi) is 5.55. The Morgan fingerprint density at radius 3 is 2.67 bits per heavy atom. The lowest BCUT2D eigenvalue weighted by Gasteiger charge is -2.28. The predicted octanol–water partition coefficient (Wildman–Crippen LogP) is 3.18. The number of anilines is 1. The highest BCUT2D eigenvalue weighted by Crippen LogP contribution is 2.27. The second-order valence-electron chi connectivity index (χ2n) is 5.47. The number of para-hydroxylation sites is 1. The van der Waals surface area contributed by atoms with Crippen molar-refractivity contribution >= 4 is 52.5 Å². The summed E-state index contributed by atoms with van der Waals surface area (Å²) in [7, 11) is 0. The molecule has 1 heterocycles.